The Morgan fingerprint density at radius 3 is 2.68 bits per heavy atom. The van der Waals surface area contributed by atoms with Gasteiger partial charge in [0.2, 0.25) is 0 Å². The molecule has 7 nitrogen and oxygen atoms in total. The summed E-state index contributed by atoms with van der Waals surface area (Å²) in [5.41, 5.74) is 0.735. The van der Waals surface area contributed by atoms with E-state index in [-0.39, 0.29) is 11.6 Å². The molecule has 0 bridgehead atoms. The van der Waals surface area contributed by atoms with E-state index in [9.17, 15) is 14.4 Å². The molecule has 0 spiro atoms. The summed E-state index contributed by atoms with van der Waals surface area (Å²) in [6.07, 6.45) is 2.75. The van der Waals surface area contributed by atoms with Gasteiger partial charge < -0.3 is 10.0 Å². The molecule has 0 radical (unpaired) electrons. The van der Waals surface area contributed by atoms with Gasteiger partial charge in [-0.2, -0.15) is 0 Å². The number of carboxylic acids is 1. The number of hydrogen-bond donors (Lipinski definition) is 1. The maximum Gasteiger partial charge on any atom is 0.323 e. The molecule has 0 saturated heterocycles. The highest BCUT2D eigenvalue weighted by Crippen LogP contribution is 2.07. The SMILES string of the molecule is Cc1ccn2c(=O)c(C(=O)N(CC(=O)O)C(C)C)cnc2c1. The van der Waals surface area contributed by atoms with Crippen molar-refractivity contribution in [1.29, 1.82) is 0 Å². The van der Waals surface area contributed by atoms with E-state index in [1.54, 1.807) is 32.2 Å². The highest BCUT2D eigenvalue weighted by atomic mass is 16.4. The van der Waals surface area contributed by atoms with Gasteiger partial charge in [-0.3, -0.25) is 18.8 Å². The number of carboxylic acid groups (broad SMARTS) is 1. The molecular weight excluding hydrogens is 286 g/mol. The zero-order valence-electron chi connectivity index (χ0n) is 12.6. The molecule has 1 N–H and O–H groups in total. The molecule has 2 rings (SSSR count). The van der Waals surface area contributed by atoms with Crippen molar-refractivity contribution in [2.75, 3.05) is 6.54 Å². The maximum absolute atomic E-state index is 12.5. The van der Waals surface area contributed by atoms with E-state index in [1.165, 1.54) is 10.6 Å². The fourth-order valence-corrected chi connectivity index (χ4v) is 2.11. The van der Waals surface area contributed by atoms with Gasteiger partial charge >= 0.3 is 5.97 Å². The standard InChI is InChI=1S/C15H17N3O4/c1-9(2)18(8-13(19)20)15(22)11-7-16-12-6-10(3)4-5-17(12)14(11)21/h4-7,9H,8H2,1-3H3,(H,19,20). The van der Waals surface area contributed by atoms with Crippen LogP contribution in [-0.4, -0.2) is 43.9 Å². The summed E-state index contributed by atoms with van der Waals surface area (Å²) in [6, 6.07) is 3.12. The summed E-state index contributed by atoms with van der Waals surface area (Å²) in [7, 11) is 0. The van der Waals surface area contributed by atoms with E-state index in [1.807, 2.05) is 6.92 Å². The van der Waals surface area contributed by atoms with Crippen LogP contribution in [0.2, 0.25) is 0 Å². The van der Waals surface area contributed by atoms with Gasteiger partial charge in [0.15, 0.2) is 0 Å². The minimum atomic E-state index is -1.13. The molecule has 0 atom stereocenters. The first-order valence-electron chi connectivity index (χ1n) is 6.82. The van der Waals surface area contributed by atoms with Gasteiger partial charge in [0.1, 0.15) is 17.8 Å². The Balaban J connectivity index is 2.51. The van der Waals surface area contributed by atoms with Crippen LogP contribution in [0.4, 0.5) is 0 Å². The van der Waals surface area contributed by atoms with E-state index < -0.39 is 24.0 Å². The third kappa shape index (κ3) is 2.98. The van der Waals surface area contributed by atoms with Gasteiger partial charge in [0.25, 0.3) is 11.5 Å². The number of amides is 1. The van der Waals surface area contributed by atoms with Crippen LogP contribution in [-0.2, 0) is 4.79 Å². The molecule has 0 aromatic carbocycles. The summed E-state index contributed by atoms with van der Waals surface area (Å²) in [5, 5.41) is 8.91. The third-order valence-corrected chi connectivity index (χ3v) is 3.29. The summed E-state index contributed by atoms with van der Waals surface area (Å²) < 4.78 is 1.28. The summed E-state index contributed by atoms with van der Waals surface area (Å²) in [6.45, 7) is 4.79. The summed E-state index contributed by atoms with van der Waals surface area (Å²) in [5.74, 6) is -1.77. The fourth-order valence-electron chi connectivity index (χ4n) is 2.11. The van der Waals surface area contributed by atoms with Crippen molar-refractivity contribution in [2.24, 2.45) is 0 Å². The van der Waals surface area contributed by atoms with E-state index in [0.717, 1.165) is 10.5 Å². The second kappa shape index (κ2) is 5.97. The molecule has 0 saturated carbocycles. The number of pyridine rings is 1. The monoisotopic (exact) mass is 303 g/mol. The number of aromatic nitrogens is 2. The van der Waals surface area contributed by atoms with Crippen molar-refractivity contribution < 1.29 is 14.7 Å². The Morgan fingerprint density at radius 2 is 2.09 bits per heavy atom. The van der Waals surface area contributed by atoms with Gasteiger partial charge in [-0.05, 0) is 38.5 Å². The average molecular weight is 303 g/mol. The molecule has 0 unspecified atom stereocenters. The maximum atomic E-state index is 12.5. The lowest BCUT2D eigenvalue weighted by Gasteiger charge is -2.24. The molecule has 2 aromatic rings. The molecule has 2 heterocycles. The Bertz CT molecular complexity index is 795. The Kier molecular flexibility index (Phi) is 4.25. The molecule has 0 aliphatic heterocycles. The van der Waals surface area contributed by atoms with Crippen molar-refractivity contribution in [2.45, 2.75) is 26.8 Å². The number of rotatable bonds is 4. The second-order valence-corrected chi connectivity index (χ2v) is 5.33. The Hall–Kier alpha value is -2.70. The first-order valence-corrected chi connectivity index (χ1v) is 6.82. The molecule has 0 aliphatic carbocycles. The predicted molar refractivity (Wildman–Crippen MR) is 80.0 cm³/mol. The minimum Gasteiger partial charge on any atom is -0.480 e. The highest BCUT2D eigenvalue weighted by Gasteiger charge is 2.24. The molecular formula is C15H17N3O4. The van der Waals surface area contributed by atoms with Gasteiger partial charge in [0, 0.05) is 18.4 Å². The number of carbonyl (C=O) groups excluding carboxylic acids is 1. The van der Waals surface area contributed by atoms with Crippen molar-refractivity contribution in [3.8, 4) is 0 Å². The van der Waals surface area contributed by atoms with Crippen LogP contribution in [0, 0.1) is 6.92 Å². The molecule has 7 heteroatoms. The Morgan fingerprint density at radius 1 is 1.41 bits per heavy atom. The molecule has 22 heavy (non-hydrogen) atoms. The van der Waals surface area contributed by atoms with Crippen molar-refractivity contribution in [1.82, 2.24) is 14.3 Å². The quantitative estimate of drug-likeness (QED) is 0.907. The second-order valence-electron chi connectivity index (χ2n) is 5.33. The fraction of sp³-hybridized carbons (Fsp3) is 0.333. The zero-order valence-corrected chi connectivity index (χ0v) is 12.6. The minimum absolute atomic E-state index is 0.142. The molecule has 1 amide bonds. The zero-order chi connectivity index (χ0) is 16.4. The van der Waals surface area contributed by atoms with Crippen LogP contribution in [0.5, 0.6) is 0 Å². The van der Waals surface area contributed by atoms with Gasteiger partial charge in [0.05, 0.1) is 0 Å². The van der Waals surface area contributed by atoms with Gasteiger partial charge in [-0.25, -0.2) is 4.98 Å². The average Bonchev–Trinajstić information content (AvgIpc) is 2.43. The number of nitrogens with zero attached hydrogens (tertiary/aromatic N) is 3. The summed E-state index contributed by atoms with van der Waals surface area (Å²) >= 11 is 0. The predicted octanol–water partition coefficient (Wildman–Crippen LogP) is 0.938. The van der Waals surface area contributed by atoms with E-state index in [2.05, 4.69) is 4.98 Å². The number of carbonyl (C=O) groups is 2. The third-order valence-electron chi connectivity index (χ3n) is 3.29. The van der Waals surface area contributed by atoms with Crippen LogP contribution in [0.15, 0.2) is 29.3 Å². The van der Waals surface area contributed by atoms with Crippen molar-refractivity contribution in [3.63, 3.8) is 0 Å². The summed E-state index contributed by atoms with van der Waals surface area (Å²) in [4.78, 5) is 41.0. The highest BCUT2D eigenvalue weighted by molar-refractivity contribution is 5.95. The van der Waals surface area contributed by atoms with E-state index >= 15 is 0 Å². The number of aliphatic carboxylic acids is 1. The van der Waals surface area contributed by atoms with Crippen LogP contribution in [0.25, 0.3) is 5.65 Å². The molecule has 0 aliphatic rings. The number of hydrogen-bond acceptors (Lipinski definition) is 4. The largest absolute Gasteiger partial charge is 0.480 e. The lowest BCUT2D eigenvalue weighted by atomic mass is 10.2. The van der Waals surface area contributed by atoms with Crippen LogP contribution in [0.3, 0.4) is 0 Å². The van der Waals surface area contributed by atoms with Crippen LogP contribution in [0.1, 0.15) is 29.8 Å². The van der Waals surface area contributed by atoms with Gasteiger partial charge in [-0.1, -0.05) is 0 Å². The first kappa shape index (κ1) is 15.7. The lowest BCUT2D eigenvalue weighted by Crippen LogP contribution is -2.43. The topological polar surface area (TPSA) is 92.0 Å². The molecule has 2 aromatic heterocycles. The normalized spacial score (nSPS) is 10.9. The smallest absolute Gasteiger partial charge is 0.323 e. The number of fused-ring (bicyclic) bond motifs is 1. The van der Waals surface area contributed by atoms with Crippen LogP contribution < -0.4 is 5.56 Å². The Labute approximate surface area is 126 Å². The van der Waals surface area contributed by atoms with Crippen molar-refractivity contribution in [3.05, 3.63) is 46.0 Å². The first-order chi connectivity index (χ1) is 10.3. The molecule has 116 valence electrons. The van der Waals surface area contributed by atoms with Crippen LogP contribution >= 0.6 is 0 Å². The number of aryl methyl sites for hydroxylation is 1. The van der Waals surface area contributed by atoms with E-state index in [0.29, 0.717) is 5.65 Å². The van der Waals surface area contributed by atoms with Crippen molar-refractivity contribution >= 4 is 17.5 Å². The van der Waals surface area contributed by atoms with Gasteiger partial charge in [-0.15, -0.1) is 0 Å². The van der Waals surface area contributed by atoms with E-state index in [4.69, 9.17) is 5.11 Å². The lowest BCUT2D eigenvalue weighted by molar-refractivity contribution is -0.138. The molecule has 0 fully saturated rings.